The maximum absolute atomic E-state index is 6.48. The van der Waals surface area contributed by atoms with Gasteiger partial charge in [-0.15, -0.1) is 11.3 Å². The van der Waals surface area contributed by atoms with Crippen LogP contribution < -0.4 is 36.0 Å². The van der Waals surface area contributed by atoms with Gasteiger partial charge >= 0.3 is 0 Å². The van der Waals surface area contributed by atoms with Crippen LogP contribution in [0.25, 0.3) is 52.9 Å². The molecule has 5 nitrogen and oxygen atoms in total. The molecule has 7 heteroatoms. The van der Waals surface area contributed by atoms with Crippen molar-refractivity contribution in [2.24, 2.45) is 0 Å². The van der Waals surface area contributed by atoms with Gasteiger partial charge in [0.2, 0.25) is 0 Å². The van der Waals surface area contributed by atoms with E-state index < -0.39 is 0 Å². The van der Waals surface area contributed by atoms with E-state index in [9.17, 15) is 0 Å². The van der Waals surface area contributed by atoms with Crippen LogP contribution in [-0.4, -0.2) is 6.71 Å². The molecular weight excluding hydrogens is 1050 g/mol. The first kappa shape index (κ1) is 50.9. The molecule has 12 aromatic carbocycles. The zero-order valence-electron chi connectivity index (χ0n) is 48.5. The Morgan fingerprint density at radius 1 is 0.341 bits per heavy atom. The van der Waals surface area contributed by atoms with Crippen LogP contribution in [-0.2, 0) is 10.8 Å². The molecule has 2 aromatic heterocycles. The summed E-state index contributed by atoms with van der Waals surface area (Å²) in [5.74, 6) is 0. The maximum atomic E-state index is 6.48. The third-order valence-electron chi connectivity index (χ3n) is 17.7. The summed E-state index contributed by atoms with van der Waals surface area (Å²) in [5, 5.41) is 7.12. The highest BCUT2D eigenvalue weighted by molar-refractivity contribution is 7.26. The Bertz CT molecular complexity index is 4900. The number of hydrogen-bond donors (Lipinski definition) is 0. The normalized spacial score (nSPS) is 13.0. The standard InChI is InChI=1S/C78H61BN4OS/c1-77(2,3)52-30-35-56(36-31-52)82-68-45-60(81(58-34-29-50-19-13-14-20-51(50)43-58)59-40-42-73-64(44-59)62-25-15-17-27-72(62)84-73)39-41-66(68)79-67-48-65-63-26-16-18-28-74(63)85-75(65)49-69(67)83(57-37-32-53(33-38-57)78(4,5)6)71-47-61(46-70(82)76(71)79)80(54-21-9-7-10-22-54)55-23-11-8-12-24-55/h7-49H,1-6H3. The van der Waals surface area contributed by atoms with Crippen LogP contribution in [0.3, 0.4) is 0 Å². The molecule has 14 aromatic rings. The zero-order chi connectivity index (χ0) is 57.3. The first-order valence-corrected chi connectivity index (χ1v) is 30.4. The Kier molecular flexibility index (Phi) is 11.6. The van der Waals surface area contributed by atoms with Gasteiger partial charge in [0.25, 0.3) is 6.71 Å². The molecule has 0 N–H and O–H groups in total. The first-order valence-electron chi connectivity index (χ1n) is 29.6. The minimum absolute atomic E-state index is 0.0204. The van der Waals surface area contributed by atoms with Crippen molar-refractivity contribution in [1.29, 1.82) is 0 Å². The number of thiophene rings is 1. The summed E-state index contributed by atoms with van der Waals surface area (Å²) >= 11 is 1.88. The van der Waals surface area contributed by atoms with Gasteiger partial charge < -0.3 is 24.0 Å². The Balaban J connectivity index is 1.02. The van der Waals surface area contributed by atoms with E-state index in [0.29, 0.717) is 0 Å². The molecular formula is C78H61BN4OS. The van der Waals surface area contributed by atoms with Crippen LogP contribution in [0.1, 0.15) is 52.7 Å². The first-order chi connectivity index (χ1) is 41.4. The van der Waals surface area contributed by atoms with Crippen molar-refractivity contribution in [2.45, 2.75) is 52.4 Å². The SMILES string of the molecule is CC(C)(C)c1ccc(N2c3cc(N(c4ccc5ccccc5c4)c4ccc5oc6ccccc6c5c4)ccc3B3c4cc5c(cc4N(c4ccc(C(C)(C)C)cc4)c4cc(N(c6ccccc6)c6ccccc6)cc2c43)sc2ccccc25)cc1. The van der Waals surface area contributed by atoms with Crippen LogP contribution in [0.4, 0.5) is 68.2 Å². The Morgan fingerprint density at radius 3 is 1.51 bits per heavy atom. The number of rotatable bonds is 8. The van der Waals surface area contributed by atoms with Crippen LogP contribution >= 0.6 is 11.3 Å². The Morgan fingerprint density at radius 2 is 0.847 bits per heavy atom. The lowest BCUT2D eigenvalue weighted by Gasteiger charge is -2.45. The summed E-state index contributed by atoms with van der Waals surface area (Å²) in [7, 11) is 0. The van der Waals surface area contributed by atoms with Crippen molar-refractivity contribution in [3.63, 3.8) is 0 Å². The molecule has 2 aliphatic rings. The fourth-order valence-corrected chi connectivity index (χ4v) is 14.6. The average molecular weight is 1110 g/mol. The highest BCUT2D eigenvalue weighted by Crippen LogP contribution is 2.51. The molecule has 408 valence electrons. The molecule has 16 rings (SSSR count). The summed E-state index contributed by atoms with van der Waals surface area (Å²) in [4.78, 5) is 10.0. The van der Waals surface area contributed by atoms with E-state index in [1.165, 1.54) is 64.1 Å². The summed E-state index contributed by atoms with van der Waals surface area (Å²) in [6.45, 7) is 13.7. The number of para-hydroxylation sites is 3. The summed E-state index contributed by atoms with van der Waals surface area (Å²) in [6, 6.07) is 97.2. The van der Waals surface area contributed by atoms with Gasteiger partial charge in [-0.3, -0.25) is 0 Å². The molecule has 0 unspecified atom stereocenters. The minimum Gasteiger partial charge on any atom is -0.456 e. The highest BCUT2D eigenvalue weighted by atomic mass is 32.1. The summed E-state index contributed by atoms with van der Waals surface area (Å²) < 4.78 is 9.03. The largest absolute Gasteiger partial charge is 0.456 e. The van der Waals surface area contributed by atoms with Crippen molar-refractivity contribution in [2.75, 3.05) is 19.6 Å². The van der Waals surface area contributed by atoms with E-state index in [2.05, 4.69) is 316 Å². The number of benzene rings is 12. The van der Waals surface area contributed by atoms with Gasteiger partial charge in [-0.1, -0.05) is 181 Å². The lowest BCUT2D eigenvalue weighted by molar-refractivity contribution is 0.590. The van der Waals surface area contributed by atoms with Gasteiger partial charge in [0, 0.05) is 88.1 Å². The molecule has 0 amide bonds. The molecule has 0 aliphatic carbocycles. The predicted octanol–water partition coefficient (Wildman–Crippen LogP) is 20.7. The third kappa shape index (κ3) is 8.43. The Hall–Kier alpha value is -9.82. The van der Waals surface area contributed by atoms with Gasteiger partial charge in [-0.25, -0.2) is 0 Å². The van der Waals surface area contributed by atoms with E-state index in [1.807, 2.05) is 17.4 Å². The van der Waals surface area contributed by atoms with Crippen molar-refractivity contribution in [3.8, 4) is 0 Å². The monoisotopic (exact) mass is 1110 g/mol. The second-order valence-corrected chi connectivity index (χ2v) is 26.1. The maximum Gasteiger partial charge on any atom is 0.252 e. The predicted molar refractivity (Wildman–Crippen MR) is 365 cm³/mol. The summed E-state index contributed by atoms with van der Waals surface area (Å²) in [5.41, 5.74) is 21.2. The quantitative estimate of drug-likeness (QED) is 0.141. The van der Waals surface area contributed by atoms with Gasteiger partial charge in [-0.2, -0.15) is 0 Å². The number of anilines is 12. The summed E-state index contributed by atoms with van der Waals surface area (Å²) in [6.07, 6.45) is 0. The van der Waals surface area contributed by atoms with Gasteiger partial charge in [0.05, 0.1) is 5.69 Å². The fourth-order valence-electron chi connectivity index (χ4n) is 13.4. The number of fused-ring (bicyclic) bond motifs is 11. The van der Waals surface area contributed by atoms with Crippen molar-refractivity contribution >= 4 is 156 Å². The lowest BCUT2D eigenvalue weighted by Crippen LogP contribution is -2.61. The molecule has 0 atom stereocenters. The van der Waals surface area contributed by atoms with Gasteiger partial charge in [-0.05, 0) is 176 Å². The van der Waals surface area contributed by atoms with Crippen molar-refractivity contribution in [3.05, 3.63) is 272 Å². The van der Waals surface area contributed by atoms with Crippen molar-refractivity contribution in [1.82, 2.24) is 0 Å². The number of furan rings is 1. The fraction of sp³-hybridized carbons (Fsp3) is 0.103. The van der Waals surface area contributed by atoms with E-state index in [1.54, 1.807) is 0 Å². The van der Waals surface area contributed by atoms with E-state index in [-0.39, 0.29) is 17.5 Å². The second-order valence-electron chi connectivity index (χ2n) is 25.0. The minimum atomic E-state index is -0.152. The topological polar surface area (TPSA) is 26.1 Å². The van der Waals surface area contributed by atoms with Crippen LogP contribution in [0.15, 0.2) is 265 Å². The molecule has 0 saturated carbocycles. The van der Waals surface area contributed by atoms with Crippen molar-refractivity contribution < 1.29 is 4.42 Å². The van der Waals surface area contributed by atoms with Crippen LogP contribution in [0.5, 0.6) is 0 Å². The third-order valence-corrected chi connectivity index (χ3v) is 18.8. The number of hydrogen-bond acceptors (Lipinski definition) is 6. The molecule has 0 saturated heterocycles. The molecule has 0 radical (unpaired) electrons. The molecule has 2 aliphatic heterocycles. The van der Waals surface area contributed by atoms with Crippen LogP contribution in [0, 0.1) is 0 Å². The number of nitrogens with zero attached hydrogens (tertiary/aromatic N) is 4. The van der Waals surface area contributed by atoms with E-state index in [0.717, 1.165) is 84.5 Å². The Labute approximate surface area is 501 Å². The molecule has 0 fully saturated rings. The molecule has 0 spiro atoms. The second kappa shape index (κ2) is 19.4. The smallest absolute Gasteiger partial charge is 0.252 e. The average Bonchev–Trinajstić information content (AvgIpc) is 1.25. The molecule has 85 heavy (non-hydrogen) atoms. The van der Waals surface area contributed by atoms with E-state index in [4.69, 9.17) is 4.42 Å². The van der Waals surface area contributed by atoms with Crippen LogP contribution in [0.2, 0.25) is 0 Å². The lowest BCUT2D eigenvalue weighted by atomic mass is 9.33. The van der Waals surface area contributed by atoms with Gasteiger partial charge in [0.15, 0.2) is 0 Å². The molecule has 4 heterocycles. The van der Waals surface area contributed by atoms with E-state index >= 15 is 0 Å². The highest BCUT2D eigenvalue weighted by Gasteiger charge is 2.45. The zero-order valence-corrected chi connectivity index (χ0v) is 49.3. The molecule has 0 bridgehead atoms. The van der Waals surface area contributed by atoms with Gasteiger partial charge in [0.1, 0.15) is 11.2 Å².